The fraction of sp³-hybridized carbons (Fsp3) is 0.200. The van der Waals surface area contributed by atoms with Crippen LogP contribution in [0.3, 0.4) is 0 Å². The number of aryl methyl sites for hydroxylation is 1. The molecule has 0 bridgehead atoms. The van der Waals surface area contributed by atoms with Crippen LogP contribution in [0, 0.1) is 0 Å². The van der Waals surface area contributed by atoms with Crippen LogP contribution in [0.25, 0.3) is 0 Å². The van der Waals surface area contributed by atoms with Crippen LogP contribution in [-0.2, 0) is 16.4 Å². The van der Waals surface area contributed by atoms with Crippen LogP contribution in [0.1, 0.15) is 31.0 Å². The summed E-state index contributed by atoms with van der Waals surface area (Å²) >= 11 is 0. The van der Waals surface area contributed by atoms with Gasteiger partial charge in [0.1, 0.15) is 5.82 Å². The largest absolute Gasteiger partial charge is 0.362 e. The monoisotopic (exact) mass is 382 g/mol. The van der Waals surface area contributed by atoms with Gasteiger partial charge in [-0.25, -0.2) is 8.42 Å². The molecular formula is C20H22N4O2S. The van der Waals surface area contributed by atoms with E-state index in [1.54, 1.807) is 36.4 Å². The predicted molar refractivity (Wildman–Crippen MR) is 107 cm³/mol. The summed E-state index contributed by atoms with van der Waals surface area (Å²) in [6, 6.07) is 20.1. The molecule has 0 spiro atoms. The Morgan fingerprint density at radius 2 is 1.52 bits per heavy atom. The van der Waals surface area contributed by atoms with E-state index < -0.39 is 10.0 Å². The minimum Gasteiger partial charge on any atom is -0.362 e. The summed E-state index contributed by atoms with van der Waals surface area (Å²) in [4.78, 5) is 0.196. The number of benzene rings is 2. The van der Waals surface area contributed by atoms with E-state index in [2.05, 4.69) is 20.2 Å². The molecule has 1 aromatic heterocycles. The Morgan fingerprint density at radius 3 is 2.11 bits per heavy atom. The number of anilines is 2. The topological polar surface area (TPSA) is 84.0 Å². The molecule has 7 heteroatoms. The third-order valence-corrected chi connectivity index (χ3v) is 5.58. The highest BCUT2D eigenvalue weighted by molar-refractivity contribution is 7.92. The van der Waals surface area contributed by atoms with Gasteiger partial charge < -0.3 is 5.32 Å². The lowest BCUT2D eigenvalue weighted by molar-refractivity contribution is 0.601. The number of nitrogens with one attached hydrogen (secondary N) is 2. The standard InChI is InChI=1S/C20H22N4O2S/c1-3-16-9-11-18(12-10-16)27(25,26)24-20-14-13-19(22-23-20)21-15(2)17-7-5-4-6-8-17/h4-15H,3H2,1-2H3,(H,21,22)(H,23,24). The molecule has 2 N–H and O–H groups in total. The van der Waals surface area contributed by atoms with Gasteiger partial charge in [-0.3, -0.25) is 4.72 Å². The van der Waals surface area contributed by atoms with Gasteiger partial charge in [0, 0.05) is 6.04 Å². The zero-order valence-corrected chi connectivity index (χ0v) is 16.1. The van der Waals surface area contributed by atoms with Crippen LogP contribution in [0.5, 0.6) is 0 Å². The molecule has 0 amide bonds. The third kappa shape index (κ3) is 4.83. The van der Waals surface area contributed by atoms with Crippen molar-refractivity contribution in [3.05, 3.63) is 77.9 Å². The smallest absolute Gasteiger partial charge is 0.263 e. The first-order valence-electron chi connectivity index (χ1n) is 8.75. The van der Waals surface area contributed by atoms with E-state index in [1.165, 1.54) is 0 Å². The van der Waals surface area contributed by atoms with Gasteiger partial charge in [0.05, 0.1) is 4.90 Å². The van der Waals surface area contributed by atoms with Gasteiger partial charge in [-0.1, -0.05) is 49.4 Å². The molecule has 3 aromatic rings. The highest BCUT2D eigenvalue weighted by Gasteiger charge is 2.15. The van der Waals surface area contributed by atoms with E-state index in [-0.39, 0.29) is 16.8 Å². The lowest BCUT2D eigenvalue weighted by Gasteiger charge is -2.14. The fourth-order valence-corrected chi connectivity index (χ4v) is 3.61. The molecule has 1 atom stereocenters. The van der Waals surface area contributed by atoms with Crippen LogP contribution < -0.4 is 10.0 Å². The molecule has 0 radical (unpaired) electrons. The van der Waals surface area contributed by atoms with E-state index in [1.807, 2.05) is 44.2 Å². The maximum absolute atomic E-state index is 12.5. The lowest BCUT2D eigenvalue weighted by Crippen LogP contribution is -2.15. The van der Waals surface area contributed by atoms with Crippen molar-refractivity contribution in [2.24, 2.45) is 0 Å². The molecule has 1 unspecified atom stereocenters. The van der Waals surface area contributed by atoms with Gasteiger partial charge in [-0.2, -0.15) is 0 Å². The summed E-state index contributed by atoms with van der Waals surface area (Å²) in [5.41, 5.74) is 2.20. The second-order valence-corrected chi connectivity index (χ2v) is 7.87. The van der Waals surface area contributed by atoms with E-state index in [0.717, 1.165) is 17.5 Å². The molecule has 0 aliphatic heterocycles. The average molecular weight is 382 g/mol. The molecular weight excluding hydrogens is 360 g/mol. The zero-order valence-electron chi connectivity index (χ0n) is 15.3. The summed E-state index contributed by atoms with van der Waals surface area (Å²) in [5.74, 6) is 0.745. The summed E-state index contributed by atoms with van der Waals surface area (Å²) in [6.45, 7) is 4.04. The fourth-order valence-electron chi connectivity index (χ4n) is 2.61. The maximum atomic E-state index is 12.5. The van der Waals surface area contributed by atoms with Crippen molar-refractivity contribution in [2.45, 2.75) is 31.2 Å². The van der Waals surface area contributed by atoms with E-state index in [4.69, 9.17) is 0 Å². The Hall–Kier alpha value is -2.93. The van der Waals surface area contributed by atoms with Crippen molar-refractivity contribution in [3.63, 3.8) is 0 Å². The van der Waals surface area contributed by atoms with Gasteiger partial charge in [-0.15, -0.1) is 10.2 Å². The van der Waals surface area contributed by atoms with Crippen LogP contribution in [0.15, 0.2) is 71.6 Å². The minimum absolute atomic E-state index is 0.0557. The molecule has 3 rings (SSSR count). The predicted octanol–water partition coefficient (Wildman–Crippen LogP) is 4.01. The summed E-state index contributed by atoms with van der Waals surface area (Å²) in [5, 5.41) is 11.3. The molecule has 140 valence electrons. The highest BCUT2D eigenvalue weighted by atomic mass is 32.2. The quantitative estimate of drug-likeness (QED) is 0.645. The van der Waals surface area contributed by atoms with Crippen molar-refractivity contribution in [1.29, 1.82) is 0 Å². The van der Waals surface area contributed by atoms with Crippen LogP contribution in [0.4, 0.5) is 11.6 Å². The number of rotatable bonds is 7. The Balaban J connectivity index is 1.67. The summed E-state index contributed by atoms with van der Waals surface area (Å²) in [6.07, 6.45) is 0.856. The van der Waals surface area contributed by atoms with Crippen molar-refractivity contribution in [2.75, 3.05) is 10.0 Å². The highest BCUT2D eigenvalue weighted by Crippen LogP contribution is 2.19. The molecule has 27 heavy (non-hydrogen) atoms. The molecule has 0 saturated carbocycles. The van der Waals surface area contributed by atoms with Gasteiger partial charge >= 0.3 is 0 Å². The molecule has 2 aromatic carbocycles. The van der Waals surface area contributed by atoms with E-state index in [9.17, 15) is 8.42 Å². The first-order valence-corrected chi connectivity index (χ1v) is 10.2. The molecule has 6 nitrogen and oxygen atoms in total. The Morgan fingerprint density at radius 1 is 0.889 bits per heavy atom. The van der Waals surface area contributed by atoms with Crippen LogP contribution >= 0.6 is 0 Å². The molecule has 0 aliphatic rings. The molecule has 1 heterocycles. The minimum atomic E-state index is -3.69. The van der Waals surface area contributed by atoms with Gasteiger partial charge in [0.15, 0.2) is 5.82 Å². The van der Waals surface area contributed by atoms with Crippen LogP contribution in [-0.4, -0.2) is 18.6 Å². The SMILES string of the molecule is CCc1ccc(S(=O)(=O)Nc2ccc(NC(C)c3ccccc3)nn2)cc1. The average Bonchev–Trinajstić information content (AvgIpc) is 2.70. The number of aromatic nitrogens is 2. The zero-order chi connectivity index (χ0) is 19.3. The Bertz CT molecular complexity index is 973. The number of nitrogens with zero attached hydrogens (tertiary/aromatic N) is 2. The number of hydrogen-bond donors (Lipinski definition) is 2. The van der Waals surface area contributed by atoms with Crippen molar-refractivity contribution in [1.82, 2.24) is 10.2 Å². The normalized spacial score (nSPS) is 12.4. The van der Waals surface area contributed by atoms with Gasteiger partial charge in [0.2, 0.25) is 0 Å². The van der Waals surface area contributed by atoms with Crippen molar-refractivity contribution >= 4 is 21.7 Å². The Kier molecular flexibility index (Phi) is 5.71. The number of hydrogen-bond acceptors (Lipinski definition) is 5. The van der Waals surface area contributed by atoms with E-state index in [0.29, 0.717) is 5.82 Å². The lowest BCUT2D eigenvalue weighted by atomic mass is 10.1. The second-order valence-electron chi connectivity index (χ2n) is 6.18. The van der Waals surface area contributed by atoms with Crippen LogP contribution in [0.2, 0.25) is 0 Å². The number of sulfonamides is 1. The first-order chi connectivity index (χ1) is 13.0. The van der Waals surface area contributed by atoms with E-state index >= 15 is 0 Å². The Labute approximate surface area is 159 Å². The summed E-state index contributed by atoms with van der Waals surface area (Å²) < 4.78 is 27.4. The van der Waals surface area contributed by atoms with Crippen molar-refractivity contribution in [3.8, 4) is 0 Å². The van der Waals surface area contributed by atoms with Crippen molar-refractivity contribution < 1.29 is 8.42 Å². The second kappa shape index (κ2) is 8.18. The first kappa shape index (κ1) is 18.8. The maximum Gasteiger partial charge on any atom is 0.263 e. The summed E-state index contributed by atoms with van der Waals surface area (Å²) in [7, 11) is -3.69. The molecule has 0 aliphatic carbocycles. The van der Waals surface area contributed by atoms with Gasteiger partial charge in [-0.05, 0) is 48.7 Å². The van der Waals surface area contributed by atoms with Gasteiger partial charge in [0.25, 0.3) is 10.0 Å². The molecule has 0 saturated heterocycles. The third-order valence-electron chi connectivity index (χ3n) is 4.21. The molecule has 0 fully saturated rings.